The first-order chi connectivity index (χ1) is 18.2. The molecule has 0 bridgehead atoms. The molecule has 1 saturated heterocycles. The zero-order valence-electron chi connectivity index (χ0n) is 20.3. The number of fused-ring (bicyclic) bond motifs is 1. The van der Waals surface area contributed by atoms with Crippen molar-refractivity contribution >= 4 is 40.5 Å². The Labute approximate surface area is 223 Å². The first-order valence-electron chi connectivity index (χ1n) is 11.5. The molecule has 1 fully saturated rings. The van der Waals surface area contributed by atoms with Crippen LogP contribution in [0.15, 0.2) is 48.7 Å². The number of benzene rings is 2. The lowest BCUT2D eigenvalue weighted by atomic mass is 10.2. The molecule has 0 unspecified atom stereocenters. The van der Waals surface area contributed by atoms with Gasteiger partial charge in [0.1, 0.15) is 18.2 Å². The van der Waals surface area contributed by atoms with Crippen LogP contribution in [-0.2, 0) is 9.59 Å². The smallest absolute Gasteiger partial charge is 0.414 e. The molecule has 3 aromatic rings. The summed E-state index contributed by atoms with van der Waals surface area (Å²) in [5, 5.41) is 19.1. The summed E-state index contributed by atoms with van der Waals surface area (Å²) in [6.07, 6.45) is 7.41. The number of hydrogen-bond donors (Lipinski definition) is 3. The third kappa shape index (κ3) is 7.61. The molecule has 3 N–H and O–H groups in total. The Morgan fingerprint density at radius 3 is 2.47 bits per heavy atom. The molecule has 0 saturated carbocycles. The number of aliphatic carboxylic acids is 2. The highest BCUT2D eigenvalue weighted by Gasteiger charge is 2.20. The summed E-state index contributed by atoms with van der Waals surface area (Å²) in [5.41, 5.74) is 1.74. The fraction of sp³-hybridized carbons (Fsp3) is 0.269. The van der Waals surface area contributed by atoms with Gasteiger partial charge in [-0.2, -0.15) is 0 Å². The Balaban J connectivity index is 0.000000599. The van der Waals surface area contributed by atoms with Crippen molar-refractivity contribution in [1.82, 2.24) is 19.7 Å². The number of carboxylic acids is 2. The molecule has 1 aliphatic rings. The van der Waals surface area contributed by atoms with E-state index in [0.717, 1.165) is 16.6 Å². The molecule has 200 valence electrons. The second-order valence-corrected chi connectivity index (χ2v) is 8.60. The number of terminal acetylenes is 1. The van der Waals surface area contributed by atoms with Crippen molar-refractivity contribution < 1.29 is 33.7 Å². The lowest BCUT2D eigenvalue weighted by Gasteiger charge is -2.23. The fourth-order valence-electron chi connectivity index (χ4n) is 3.77. The summed E-state index contributed by atoms with van der Waals surface area (Å²) in [6, 6.07) is 11.8. The molecule has 0 radical (unpaired) electrons. The zero-order chi connectivity index (χ0) is 27.7. The van der Waals surface area contributed by atoms with E-state index in [1.54, 1.807) is 17.0 Å². The summed E-state index contributed by atoms with van der Waals surface area (Å²) < 4.78 is 21.4. The Morgan fingerprint density at radius 1 is 1.16 bits per heavy atom. The van der Waals surface area contributed by atoms with Gasteiger partial charge in [0.05, 0.1) is 18.3 Å². The molecule has 2 heterocycles. The van der Waals surface area contributed by atoms with E-state index >= 15 is 0 Å². The summed E-state index contributed by atoms with van der Waals surface area (Å²) in [5.74, 6) is -0.580. The van der Waals surface area contributed by atoms with E-state index in [2.05, 4.69) is 16.1 Å². The van der Waals surface area contributed by atoms with Crippen molar-refractivity contribution in [3.8, 4) is 23.8 Å². The van der Waals surface area contributed by atoms with Crippen LogP contribution < -0.4 is 10.1 Å². The number of rotatable bonds is 9. The molecular formula is C26H26ClFN4O6. The molecule has 10 nitrogen and oxygen atoms in total. The third-order valence-electron chi connectivity index (χ3n) is 5.63. The van der Waals surface area contributed by atoms with E-state index in [9.17, 15) is 9.18 Å². The second kappa shape index (κ2) is 13.3. The minimum Gasteiger partial charge on any atom is -0.490 e. The topological polar surface area (TPSA) is 124 Å². The predicted octanol–water partition coefficient (Wildman–Crippen LogP) is 2.92. The first-order valence-corrected chi connectivity index (χ1v) is 11.9. The quantitative estimate of drug-likeness (QED) is 0.279. The van der Waals surface area contributed by atoms with Crippen LogP contribution in [0.1, 0.15) is 0 Å². The number of urea groups is 1. The Hall–Kier alpha value is -4.27. The Morgan fingerprint density at radius 2 is 1.87 bits per heavy atom. The highest BCUT2D eigenvalue weighted by Crippen LogP contribution is 2.32. The number of aromatic nitrogens is 1. The van der Waals surface area contributed by atoms with E-state index in [-0.39, 0.29) is 11.8 Å². The minimum absolute atomic E-state index is 0.0348. The predicted molar refractivity (Wildman–Crippen MR) is 139 cm³/mol. The molecule has 0 spiro atoms. The zero-order valence-corrected chi connectivity index (χ0v) is 21.0. The maximum atomic E-state index is 13.4. The van der Waals surface area contributed by atoms with Gasteiger partial charge in [0.2, 0.25) is 0 Å². The summed E-state index contributed by atoms with van der Waals surface area (Å²) in [6.45, 7) is 4.19. The van der Waals surface area contributed by atoms with E-state index in [4.69, 9.17) is 42.6 Å². The van der Waals surface area contributed by atoms with Gasteiger partial charge in [0, 0.05) is 48.8 Å². The molecule has 1 aliphatic heterocycles. The van der Waals surface area contributed by atoms with Crippen molar-refractivity contribution in [2.24, 2.45) is 0 Å². The maximum Gasteiger partial charge on any atom is 0.414 e. The van der Waals surface area contributed by atoms with Crippen molar-refractivity contribution in [1.29, 1.82) is 0 Å². The van der Waals surface area contributed by atoms with Crippen molar-refractivity contribution in [2.45, 2.75) is 0 Å². The molecule has 2 amide bonds. The number of halogens is 2. The van der Waals surface area contributed by atoms with Gasteiger partial charge < -0.3 is 29.7 Å². The van der Waals surface area contributed by atoms with Crippen molar-refractivity contribution in [2.75, 3.05) is 45.9 Å². The van der Waals surface area contributed by atoms with Gasteiger partial charge in [-0.3, -0.25) is 4.90 Å². The Kier molecular flexibility index (Phi) is 9.92. The van der Waals surface area contributed by atoms with Crippen LogP contribution >= 0.6 is 11.6 Å². The van der Waals surface area contributed by atoms with Crippen molar-refractivity contribution in [3.05, 3.63) is 59.5 Å². The van der Waals surface area contributed by atoms with E-state index < -0.39 is 11.9 Å². The van der Waals surface area contributed by atoms with Crippen LogP contribution in [0.2, 0.25) is 5.02 Å². The van der Waals surface area contributed by atoms with Gasteiger partial charge >= 0.3 is 18.0 Å². The molecule has 12 heteroatoms. The normalized spacial score (nSPS) is 12.6. The molecule has 1 aromatic heterocycles. The minimum atomic E-state index is -1.82. The van der Waals surface area contributed by atoms with Crippen LogP contribution in [0.25, 0.3) is 16.6 Å². The standard InChI is InChI=1S/C24H24ClFN4O2.C2H2O4/c1-2-10-28(12-13-29-11-9-27-24(29)31)14-15-32-23-17-30(20-6-4-19(26)5-7-20)22-8-3-18(25)16-21(22)23;3-1(4)2(5)6/h1,3-8,16-17H,9-15H2,(H,27,31);(H,3,4)(H,5,6). The maximum absolute atomic E-state index is 13.4. The number of amides is 2. The van der Waals surface area contributed by atoms with Gasteiger partial charge in [-0.25, -0.2) is 18.8 Å². The largest absolute Gasteiger partial charge is 0.490 e. The van der Waals surface area contributed by atoms with Crippen LogP contribution in [0, 0.1) is 18.2 Å². The van der Waals surface area contributed by atoms with Gasteiger partial charge in [-0.1, -0.05) is 17.5 Å². The van der Waals surface area contributed by atoms with E-state index in [1.165, 1.54) is 12.1 Å². The number of nitrogens with zero attached hydrogens (tertiary/aromatic N) is 3. The van der Waals surface area contributed by atoms with E-state index in [0.29, 0.717) is 56.6 Å². The van der Waals surface area contributed by atoms with Gasteiger partial charge in [-0.15, -0.1) is 6.42 Å². The van der Waals surface area contributed by atoms with Crippen LogP contribution in [0.4, 0.5) is 9.18 Å². The lowest BCUT2D eigenvalue weighted by molar-refractivity contribution is -0.159. The first kappa shape index (κ1) is 28.3. The van der Waals surface area contributed by atoms with Gasteiger partial charge in [0.15, 0.2) is 0 Å². The van der Waals surface area contributed by atoms with Crippen molar-refractivity contribution in [3.63, 3.8) is 0 Å². The summed E-state index contributed by atoms with van der Waals surface area (Å²) in [4.78, 5) is 33.8. The SMILES string of the molecule is C#CCN(CCOc1cn(-c2ccc(F)cc2)c2ccc(Cl)cc12)CCN1CCNC1=O.O=C(O)C(=O)O. The average molecular weight is 545 g/mol. The number of carbonyl (C=O) groups is 3. The average Bonchev–Trinajstić information content (AvgIpc) is 3.46. The van der Waals surface area contributed by atoms with Gasteiger partial charge in [0.25, 0.3) is 0 Å². The van der Waals surface area contributed by atoms with E-state index in [1.807, 2.05) is 29.0 Å². The Bertz CT molecular complexity index is 1330. The van der Waals surface area contributed by atoms with Gasteiger partial charge in [-0.05, 0) is 42.5 Å². The lowest BCUT2D eigenvalue weighted by Crippen LogP contribution is -2.38. The number of carboxylic acid groups (broad SMARTS) is 2. The summed E-state index contributed by atoms with van der Waals surface area (Å²) in [7, 11) is 0. The second-order valence-electron chi connectivity index (χ2n) is 8.16. The number of carbonyl (C=O) groups excluding carboxylic acids is 1. The highest BCUT2D eigenvalue weighted by atomic mass is 35.5. The number of ether oxygens (including phenoxy) is 1. The summed E-state index contributed by atoms with van der Waals surface area (Å²) >= 11 is 6.23. The number of nitrogens with one attached hydrogen (secondary N) is 1. The number of hydrogen-bond acceptors (Lipinski definition) is 5. The van der Waals surface area contributed by atoms with Crippen LogP contribution in [-0.4, -0.2) is 88.4 Å². The van der Waals surface area contributed by atoms with Crippen LogP contribution in [0.5, 0.6) is 5.75 Å². The monoisotopic (exact) mass is 544 g/mol. The molecule has 38 heavy (non-hydrogen) atoms. The molecule has 0 aliphatic carbocycles. The molecule has 2 aromatic carbocycles. The molecular weight excluding hydrogens is 519 g/mol. The fourth-order valence-corrected chi connectivity index (χ4v) is 3.94. The third-order valence-corrected chi connectivity index (χ3v) is 5.86. The molecule has 4 rings (SSSR count). The highest BCUT2D eigenvalue weighted by molar-refractivity contribution is 6.31. The van der Waals surface area contributed by atoms with Crippen LogP contribution in [0.3, 0.4) is 0 Å². The molecule has 0 atom stereocenters.